The molecule has 2 aliphatic heterocycles. The Labute approximate surface area is 205 Å². The maximum absolute atomic E-state index is 11.5. The van der Waals surface area contributed by atoms with Crippen molar-refractivity contribution < 1.29 is 9.90 Å². The third kappa shape index (κ3) is 4.30. The van der Waals surface area contributed by atoms with E-state index in [-0.39, 0.29) is 5.92 Å². The smallest absolute Gasteiger partial charge is 0.407 e. The normalized spacial score (nSPS) is 18.9. The number of carbonyl (C=O) groups is 1. The van der Waals surface area contributed by atoms with Gasteiger partial charge in [0, 0.05) is 41.5 Å². The number of fused-ring (bicyclic) bond motifs is 1. The number of dihydropyridines is 1. The van der Waals surface area contributed by atoms with Gasteiger partial charge in [-0.15, -0.1) is 6.58 Å². The summed E-state index contributed by atoms with van der Waals surface area (Å²) in [7, 11) is 0. The number of rotatable bonds is 3. The molecule has 0 unspecified atom stereocenters. The highest BCUT2D eigenvalue weighted by Gasteiger charge is 2.29. The second-order valence-electron chi connectivity index (χ2n) is 9.19. The highest BCUT2D eigenvalue weighted by atomic mass is 35.5. The lowest BCUT2D eigenvalue weighted by molar-refractivity contribution is 0.142. The van der Waals surface area contributed by atoms with Crippen LogP contribution in [-0.2, 0) is 6.42 Å². The maximum Gasteiger partial charge on any atom is 0.407 e. The van der Waals surface area contributed by atoms with Gasteiger partial charge in [-0.1, -0.05) is 59.6 Å². The number of amides is 1. The molecule has 4 nitrogen and oxygen atoms in total. The lowest BCUT2D eigenvalue weighted by atomic mass is 9.83. The molecule has 1 amide bonds. The SMILES string of the molecule is C=C[C@@H](C1=CNC2=C(CCc3cc(Cl)ccc3C2=C2CCN(C(=O)O)CC2)C1)c1ccccc1. The Kier molecular flexibility index (Phi) is 6.34. The van der Waals surface area contributed by atoms with E-state index in [2.05, 4.69) is 54.5 Å². The van der Waals surface area contributed by atoms with Crippen molar-refractivity contribution in [2.24, 2.45) is 0 Å². The average Bonchev–Trinajstić information content (AvgIpc) is 3.01. The number of benzene rings is 2. The lowest BCUT2D eigenvalue weighted by Gasteiger charge is -2.31. The van der Waals surface area contributed by atoms with E-state index < -0.39 is 6.09 Å². The molecule has 0 saturated carbocycles. The minimum Gasteiger partial charge on any atom is -0.465 e. The molecule has 5 heteroatoms. The molecule has 0 radical (unpaired) electrons. The molecule has 2 N–H and O–H groups in total. The molecule has 1 aliphatic carbocycles. The second-order valence-corrected chi connectivity index (χ2v) is 9.63. The first kappa shape index (κ1) is 22.5. The molecule has 1 atom stereocenters. The Morgan fingerprint density at radius 1 is 1.06 bits per heavy atom. The first-order chi connectivity index (χ1) is 16.5. The van der Waals surface area contributed by atoms with Crippen molar-refractivity contribution in [3.05, 3.63) is 112 Å². The molecule has 2 aromatic carbocycles. The molecule has 174 valence electrons. The molecule has 34 heavy (non-hydrogen) atoms. The third-order valence-electron chi connectivity index (χ3n) is 7.24. The first-order valence-corrected chi connectivity index (χ1v) is 12.3. The topological polar surface area (TPSA) is 52.6 Å². The Balaban J connectivity index is 1.53. The number of hydrogen-bond donors (Lipinski definition) is 2. The highest BCUT2D eigenvalue weighted by molar-refractivity contribution is 6.30. The van der Waals surface area contributed by atoms with E-state index in [1.807, 2.05) is 18.2 Å². The molecule has 0 spiro atoms. The number of likely N-dealkylation sites (tertiary alicyclic amines) is 1. The zero-order valence-corrected chi connectivity index (χ0v) is 19.9. The highest BCUT2D eigenvalue weighted by Crippen LogP contribution is 2.43. The van der Waals surface area contributed by atoms with Gasteiger partial charge in [0.15, 0.2) is 0 Å². The number of hydrogen-bond acceptors (Lipinski definition) is 2. The van der Waals surface area contributed by atoms with Gasteiger partial charge in [0.1, 0.15) is 0 Å². The molecule has 2 heterocycles. The molecule has 1 fully saturated rings. The third-order valence-corrected chi connectivity index (χ3v) is 7.48. The van der Waals surface area contributed by atoms with Crippen molar-refractivity contribution in [3.63, 3.8) is 0 Å². The average molecular weight is 473 g/mol. The number of halogens is 1. The molecule has 1 saturated heterocycles. The summed E-state index contributed by atoms with van der Waals surface area (Å²) in [6.45, 7) is 5.20. The number of nitrogens with zero attached hydrogens (tertiary/aromatic N) is 1. The van der Waals surface area contributed by atoms with Crippen LogP contribution in [0.2, 0.25) is 5.02 Å². The number of nitrogens with one attached hydrogen (secondary N) is 1. The largest absolute Gasteiger partial charge is 0.465 e. The van der Waals surface area contributed by atoms with Crippen molar-refractivity contribution in [3.8, 4) is 0 Å². The summed E-state index contributed by atoms with van der Waals surface area (Å²) in [4.78, 5) is 13.0. The molecular formula is C29H29ClN2O2. The predicted molar refractivity (Wildman–Crippen MR) is 138 cm³/mol. The van der Waals surface area contributed by atoms with Gasteiger partial charge < -0.3 is 15.3 Å². The van der Waals surface area contributed by atoms with Crippen molar-refractivity contribution in [1.82, 2.24) is 10.2 Å². The molecule has 5 rings (SSSR count). The number of allylic oxidation sites excluding steroid dienone is 4. The molecule has 3 aliphatic rings. The van der Waals surface area contributed by atoms with Crippen molar-refractivity contribution in [2.75, 3.05) is 13.1 Å². The Hall–Kier alpha value is -3.24. The van der Waals surface area contributed by atoms with Gasteiger partial charge in [-0.25, -0.2) is 4.79 Å². The van der Waals surface area contributed by atoms with E-state index in [1.54, 1.807) is 0 Å². The Morgan fingerprint density at radius 2 is 1.82 bits per heavy atom. The van der Waals surface area contributed by atoms with Gasteiger partial charge in [-0.2, -0.15) is 0 Å². The van der Waals surface area contributed by atoms with E-state index >= 15 is 0 Å². The molecular weight excluding hydrogens is 444 g/mol. The van der Waals surface area contributed by atoms with Crippen molar-refractivity contribution in [2.45, 2.75) is 38.0 Å². The number of aryl methyl sites for hydroxylation is 1. The van der Waals surface area contributed by atoms with E-state index in [1.165, 1.54) is 49.6 Å². The maximum atomic E-state index is 11.5. The van der Waals surface area contributed by atoms with E-state index in [9.17, 15) is 9.90 Å². The summed E-state index contributed by atoms with van der Waals surface area (Å²) < 4.78 is 0. The summed E-state index contributed by atoms with van der Waals surface area (Å²) in [5, 5.41) is 13.8. The van der Waals surface area contributed by atoms with Crippen LogP contribution in [0.1, 0.15) is 48.3 Å². The molecule has 2 aromatic rings. The fraction of sp³-hybridized carbons (Fsp3) is 0.276. The minimum atomic E-state index is -0.836. The van der Waals surface area contributed by atoms with E-state index in [4.69, 9.17) is 11.6 Å². The summed E-state index contributed by atoms with van der Waals surface area (Å²) >= 11 is 6.38. The van der Waals surface area contributed by atoms with Crippen LogP contribution in [0.3, 0.4) is 0 Å². The van der Waals surface area contributed by atoms with Crippen LogP contribution >= 0.6 is 11.6 Å². The van der Waals surface area contributed by atoms with Gasteiger partial charge >= 0.3 is 6.09 Å². The summed E-state index contributed by atoms with van der Waals surface area (Å²) in [5.41, 5.74) is 10.2. The number of piperidine rings is 1. The first-order valence-electron chi connectivity index (χ1n) is 11.9. The Bertz CT molecular complexity index is 1220. The predicted octanol–water partition coefficient (Wildman–Crippen LogP) is 6.91. The lowest BCUT2D eigenvalue weighted by Crippen LogP contribution is -2.35. The van der Waals surface area contributed by atoms with Crippen LogP contribution in [0.4, 0.5) is 4.79 Å². The standard InChI is InChI=1S/C29H29ClN2O2/c1-2-25(19-6-4-3-5-7-19)23-16-22-9-8-21-17-24(30)10-11-26(21)27(28(22)31-18-23)20-12-14-32(15-13-20)29(33)34/h2-7,10-11,17-18,25,31H,1,8-9,12-16H2,(H,33,34)/t25-/m1/s1. The van der Waals surface area contributed by atoms with Crippen LogP contribution in [-0.4, -0.2) is 29.2 Å². The van der Waals surface area contributed by atoms with Crippen LogP contribution in [0, 0.1) is 0 Å². The van der Waals surface area contributed by atoms with Gasteiger partial charge in [0.05, 0.1) is 0 Å². The number of carboxylic acid groups (broad SMARTS) is 1. The zero-order valence-electron chi connectivity index (χ0n) is 19.2. The summed E-state index contributed by atoms with van der Waals surface area (Å²) in [5.74, 6) is 0.165. The second kappa shape index (κ2) is 9.55. The van der Waals surface area contributed by atoms with Crippen LogP contribution in [0.15, 0.2) is 89.8 Å². The van der Waals surface area contributed by atoms with Gasteiger partial charge in [-0.3, -0.25) is 0 Å². The van der Waals surface area contributed by atoms with Crippen LogP contribution in [0.5, 0.6) is 0 Å². The summed E-state index contributed by atoms with van der Waals surface area (Å²) in [6.07, 6.45) is 7.64. The van der Waals surface area contributed by atoms with Crippen molar-refractivity contribution >= 4 is 23.3 Å². The van der Waals surface area contributed by atoms with Crippen LogP contribution in [0.25, 0.3) is 5.57 Å². The minimum absolute atomic E-state index is 0.165. The van der Waals surface area contributed by atoms with E-state index in [0.29, 0.717) is 13.1 Å². The Morgan fingerprint density at radius 3 is 2.53 bits per heavy atom. The molecule has 0 aromatic heterocycles. The zero-order chi connectivity index (χ0) is 23.7. The van der Waals surface area contributed by atoms with E-state index in [0.717, 1.165) is 37.1 Å². The quantitative estimate of drug-likeness (QED) is 0.477. The fourth-order valence-electron chi connectivity index (χ4n) is 5.50. The van der Waals surface area contributed by atoms with Gasteiger partial charge in [0.2, 0.25) is 0 Å². The fourth-order valence-corrected chi connectivity index (χ4v) is 5.69. The van der Waals surface area contributed by atoms with Gasteiger partial charge in [0.25, 0.3) is 0 Å². The van der Waals surface area contributed by atoms with Gasteiger partial charge in [-0.05, 0) is 72.1 Å². The van der Waals surface area contributed by atoms with Crippen molar-refractivity contribution in [1.29, 1.82) is 0 Å². The molecule has 0 bridgehead atoms. The monoisotopic (exact) mass is 472 g/mol. The summed E-state index contributed by atoms with van der Waals surface area (Å²) in [6, 6.07) is 16.7. The van der Waals surface area contributed by atoms with Crippen LogP contribution < -0.4 is 5.32 Å².